The van der Waals surface area contributed by atoms with Gasteiger partial charge in [-0.1, -0.05) is 15.9 Å². The van der Waals surface area contributed by atoms with E-state index in [1.807, 2.05) is 0 Å². The predicted octanol–water partition coefficient (Wildman–Crippen LogP) is 3.97. The molecule has 1 fully saturated rings. The fourth-order valence-corrected chi connectivity index (χ4v) is 3.16. The average Bonchev–Trinajstić information content (AvgIpc) is 2.66. The molecule has 0 radical (unpaired) electrons. The van der Waals surface area contributed by atoms with Crippen LogP contribution in [0.15, 0.2) is 16.6 Å². The summed E-state index contributed by atoms with van der Waals surface area (Å²) in [5.41, 5.74) is -1.21. The summed E-state index contributed by atoms with van der Waals surface area (Å²) in [7, 11) is 0. The molecule has 20 heavy (non-hydrogen) atoms. The van der Waals surface area contributed by atoms with Gasteiger partial charge >= 0.3 is 6.18 Å². The number of imidazole rings is 1. The summed E-state index contributed by atoms with van der Waals surface area (Å²) in [5.74, 6) is 0.493. The van der Waals surface area contributed by atoms with Crippen molar-refractivity contribution in [3.8, 4) is 0 Å². The fourth-order valence-electron chi connectivity index (χ4n) is 2.71. The molecule has 0 atom stereocenters. The molecular weight excluding hydrogens is 337 g/mol. The highest BCUT2D eigenvalue weighted by atomic mass is 79.9. The van der Waals surface area contributed by atoms with Crippen LogP contribution in [0.25, 0.3) is 11.0 Å². The average molecular weight is 349 g/mol. The number of aromatic nitrogens is 2. The number of alkyl halides is 3. The van der Waals surface area contributed by atoms with Crippen molar-refractivity contribution in [3.63, 3.8) is 0 Å². The number of halogens is 4. The first-order valence-corrected chi connectivity index (χ1v) is 6.94. The van der Waals surface area contributed by atoms with Gasteiger partial charge in [-0.3, -0.25) is 0 Å². The van der Waals surface area contributed by atoms with E-state index in [9.17, 15) is 18.3 Å². The zero-order valence-electron chi connectivity index (χ0n) is 10.6. The van der Waals surface area contributed by atoms with Crippen LogP contribution in [0.2, 0.25) is 0 Å². The molecule has 0 aliphatic heterocycles. The van der Waals surface area contributed by atoms with E-state index in [1.54, 1.807) is 13.0 Å². The number of benzene rings is 1. The van der Waals surface area contributed by atoms with Crippen molar-refractivity contribution >= 4 is 27.0 Å². The number of hydrogen-bond donors (Lipinski definition) is 2. The second kappa shape index (κ2) is 4.21. The quantitative estimate of drug-likeness (QED) is 0.819. The highest BCUT2D eigenvalue weighted by molar-refractivity contribution is 9.10. The maximum absolute atomic E-state index is 13.0. The van der Waals surface area contributed by atoms with E-state index in [2.05, 4.69) is 25.9 Å². The van der Waals surface area contributed by atoms with E-state index in [0.29, 0.717) is 28.7 Å². The molecule has 0 saturated heterocycles. The monoisotopic (exact) mass is 348 g/mol. The summed E-state index contributed by atoms with van der Waals surface area (Å²) in [5, 5.41) is 9.72. The van der Waals surface area contributed by atoms with Crippen LogP contribution in [0, 0.1) is 0 Å². The molecule has 3 rings (SSSR count). The Bertz CT molecular complexity index is 670. The molecule has 2 aromatic rings. The lowest BCUT2D eigenvalue weighted by atomic mass is 9.72. The molecule has 7 heteroatoms. The number of fused-ring (bicyclic) bond motifs is 1. The van der Waals surface area contributed by atoms with Gasteiger partial charge in [-0.05, 0) is 31.9 Å². The molecule has 1 aliphatic carbocycles. The fraction of sp³-hybridized carbons (Fsp3) is 0.462. The Morgan fingerprint density at radius 3 is 2.60 bits per heavy atom. The molecule has 1 aliphatic rings. The standard InChI is InChI=1S/C13H12BrF3N2O/c1-12(20)4-6(5-12)11-18-9-3-7(14)2-8(10(9)19-11)13(15,16)17/h2-3,6,20H,4-5H2,1H3,(H,18,19). The van der Waals surface area contributed by atoms with E-state index < -0.39 is 17.3 Å². The number of nitrogens with one attached hydrogen (secondary N) is 1. The van der Waals surface area contributed by atoms with Gasteiger partial charge in [-0.2, -0.15) is 13.2 Å². The predicted molar refractivity (Wildman–Crippen MR) is 71.4 cm³/mol. The summed E-state index contributed by atoms with van der Waals surface area (Å²) in [4.78, 5) is 7.04. The first-order chi connectivity index (χ1) is 9.16. The van der Waals surface area contributed by atoms with Crippen molar-refractivity contribution in [2.24, 2.45) is 0 Å². The van der Waals surface area contributed by atoms with Gasteiger partial charge in [-0.25, -0.2) is 4.98 Å². The topological polar surface area (TPSA) is 48.9 Å². The van der Waals surface area contributed by atoms with Gasteiger partial charge < -0.3 is 10.1 Å². The van der Waals surface area contributed by atoms with Crippen LogP contribution >= 0.6 is 15.9 Å². The van der Waals surface area contributed by atoms with Crippen molar-refractivity contribution in [2.45, 2.75) is 37.5 Å². The van der Waals surface area contributed by atoms with Crippen molar-refractivity contribution in [1.82, 2.24) is 9.97 Å². The summed E-state index contributed by atoms with van der Waals surface area (Å²) in [6.45, 7) is 1.71. The minimum absolute atomic E-state index is 0.0164. The van der Waals surface area contributed by atoms with Gasteiger partial charge in [0.05, 0.1) is 16.7 Å². The smallest absolute Gasteiger partial charge is 0.390 e. The maximum Gasteiger partial charge on any atom is 0.418 e. The molecule has 0 amide bonds. The molecule has 1 saturated carbocycles. The van der Waals surface area contributed by atoms with Crippen LogP contribution < -0.4 is 0 Å². The van der Waals surface area contributed by atoms with Gasteiger partial charge in [0.2, 0.25) is 0 Å². The van der Waals surface area contributed by atoms with E-state index >= 15 is 0 Å². The van der Waals surface area contributed by atoms with Crippen molar-refractivity contribution in [1.29, 1.82) is 0 Å². The van der Waals surface area contributed by atoms with Gasteiger partial charge in [-0.15, -0.1) is 0 Å². The minimum Gasteiger partial charge on any atom is -0.390 e. The Morgan fingerprint density at radius 1 is 1.40 bits per heavy atom. The molecule has 0 unspecified atom stereocenters. The molecule has 1 heterocycles. The lowest BCUT2D eigenvalue weighted by molar-refractivity contribution is -0.136. The zero-order valence-corrected chi connectivity index (χ0v) is 12.1. The van der Waals surface area contributed by atoms with E-state index in [4.69, 9.17) is 0 Å². The van der Waals surface area contributed by atoms with Crippen LogP contribution in [0.5, 0.6) is 0 Å². The Hall–Kier alpha value is -1.08. The Morgan fingerprint density at radius 2 is 2.05 bits per heavy atom. The Kier molecular flexibility index (Phi) is 2.92. The summed E-state index contributed by atoms with van der Waals surface area (Å²) >= 11 is 3.08. The molecule has 108 valence electrons. The highest BCUT2D eigenvalue weighted by Gasteiger charge is 2.41. The van der Waals surface area contributed by atoms with Crippen LogP contribution in [-0.2, 0) is 6.18 Å². The molecule has 3 nitrogen and oxygen atoms in total. The molecule has 0 bridgehead atoms. The highest BCUT2D eigenvalue weighted by Crippen LogP contribution is 2.44. The summed E-state index contributed by atoms with van der Waals surface area (Å²) in [6.07, 6.45) is -3.43. The molecule has 1 aromatic heterocycles. The minimum atomic E-state index is -4.44. The number of H-pyrrole nitrogens is 1. The SMILES string of the molecule is CC1(O)CC(c2nc3c(C(F)(F)F)cc(Br)cc3[nH]2)C1. The third-order valence-corrected chi connectivity index (χ3v) is 4.09. The van der Waals surface area contributed by atoms with Gasteiger partial charge in [0.25, 0.3) is 0 Å². The lowest BCUT2D eigenvalue weighted by Crippen LogP contribution is -2.39. The molecule has 1 aromatic carbocycles. The number of aliphatic hydroxyl groups is 1. The zero-order chi connectivity index (χ0) is 14.7. The summed E-state index contributed by atoms with van der Waals surface area (Å²) in [6, 6.07) is 2.61. The van der Waals surface area contributed by atoms with Crippen LogP contribution in [0.3, 0.4) is 0 Å². The second-order valence-electron chi connectivity index (χ2n) is 5.57. The van der Waals surface area contributed by atoms with Crippen LogP contribution in [0.1, 0.15) is 37.1 Å². The largest absolute Gasteiger partial charge is 0.418 e. The van der Waals surface area contributed by atoms with Gasteiger partial charge in [0.1, 0.15) is 11.3 Å². The second-order valence-corrected chi connectivity index (χ2v) is 6.49. The van der Waals surface area contributed by atoms with E-state index in [1.165, 1.54) is 0 Å². The molecule has 2 N–H and O–H groups in total. The van der Waals surface area contributed by atoms with E-state index in [-0.39, 0.29) is 11.4 Å². The van der Waals surface area contributed by atoms with Gasteiger partial charge in [0, 0.05) is 10.4 Å². The molecule has 0 spiro atoms. The third kappa shape index (κ3) is 2.33. The number of hydrogen-bond acceptors (Lipinski definition) is 2. The first-order valence-electron chi connectivity index (χ1n) is 6.14. The van der Waals surface area contributed by atoms with Crippen molar-refractivity contribution < 1.29 is 18.3 Å². The normalized spacial score (nSPS) is 26.8. The maximum atomic E-state index is 13.0. The number of aromatic amines is 1. The summed E-state index contributed by atoms with van der Waals surface area (Å²) < 4.78 is 39.4. The van der Waals surface area contributed by atoms with Crippen LogP contribution in [-0.4, -0.2) is 20.7 Å². The number of rotatable bonds is 1. The Balaban J connectivity index is 2.07. The van der Waals surface area contributed by atoms with Crippen molar-refractivity contribution in [3.05, 3.63) is 28.0 Å². The first kappa shape index (κ1) is 13.9. The van der Waals surface area contributed by atoms with Crippen LogP contribution in [0.4, 0.5) is 13.2 Å². The molecular formula is C13H12BrF3N2O. The Labute approximate surface area is 121 Å². The third-order valence-electron chi connectivity index (χ3n) is 3.63. The van der Waals surface area contributed by atoms with Gasteiger partial charge in [0.15, 0.2) is 0 Å². The number of nitrogens with zero attached hydrogens (tertiary/aromatic N) is 1. The van der Waals surface area contributed by atoms with E-state index in [0.717, 1.165) is 6.07 Å². The lowest BCUT2D eigenvalue weighted by Gasteiger charge is -2.39. The van der Waals surface area contributed by atoms with Crippen molar-refractivity contribution in [2.75, 3.05) is 0 Å².